The molecule has 0 aliphatic heterocycles. The summed E-state index contributed by atoms with van der Waals surface area (Å²) in [7, 11) is 0. The van der Waals surface area contributed by atoms with Crippen molar-refractivity contribution in [1.29, 1.82) is 0 Å². The second-order valence-electron chi connectivity index (χ2n) is 9.07. The van der Waals surface area contributed by atoms with Crippen LogP contribution < -0.4 is 10.1 Å². The van der Waals surface area contributed by atoms with Gasteiger partial charge in [-0.2, -0.15) is 17.6 Å². The maximum Gasteiger partial charge on any atom is 0.336 e. The zero-order chi connectivity index (χ0) is 26.2. The number of imidazole rings is 1. The third-order valence-corrected chi connectivity index (χ3v) is 6.36. The Kier molecular flexibility index (Phi) is 9.58. The molecule has 0 bridgehead atoms. The van der Waals surface area contributed by atoms with E-state index in [9.17, 15) is 14.7 Å². The van der Waals surface area contributed by atoms with Crippen LogP contribution in [-0.4, -0.2) is 38.4 Å². The van der Waals surface area contributed by atoms with Crippen LogP contribution in [0.15, 0.2) is 48.5 Å². The molecule has 3 rings (SSSR count). The standard InChI is InChI=1S/C28H35N3O4S/c1-5-23-24(16-29-26(32)25(36)15-18(3)4)31(28(30-23)35-6-2)17-19-11-13-20(14-12-19)21-9-7-8-10-22(21)27(33)34/h7-14,18,25,36H,5-6,15-17H2,1-4H3,(H,29,32)(H,33,34)/t25-/m0/s1. The van der Waals surface area contributed by atoms with E-state index in [-0.39, 0.29) is 16.7 Å². The number of nitrogens with one attached hydrogen (secondary N) is 1. The van der Waals surface area contributed by atoms with Crippen LogP contribution in [-0.2, 0) is 24.3 Å². The van der Waals surface area contributed by atoms with Crippen molar-refractivity contribution in [2.24, 2.45) is 5.92 Å². The van der Waals surface area contributed by atoms with Gasteiger partial charge in [0.05, 0.1) is 41.9 Å². The van der Waals surface area contributed by atoms with Crippen LogP contribution in [0.5, 0.6) is 6.01 Å². The molecular formula is C28H35N3O4S. The SMILES string of the molecule is CCOc1nc(CC)c(CNC(=O)[C@@H](S)CC(C)C)n1Cc1ccc(-c2ccccc2C(=O)O)cc1. The van der Waals surface area contributed by atoms with Gasteiger partial charge in [-0.3, -0.25) is 9.36 Å². The van der Waals surface area contributed by atoms with E-state index < -0.39 is 5.97 Å². The fourth-order valence-electron chi connectivity index (χ4n) is 4.13. The molecule has 8 heteroatoms. The number of aryl methyl sites for hydroxylation is 1. The molecule has 0 aliphatic carbocycles. The molecule has 0 aliphatic rings. The van der Waals surface area contributed by atoms with Crippen LogP contribution >= 0.6 is 12.6 Å². The van der Waals surface area contributed by atoms with Crippen molar-refractivity contribution >= 4 is 24.5 Å². The van der Waals surface area contributed by atoms with E-state index in [0.29, 0.717) is 50.0 Å². The van der Waals surface area contributed by atoms with Gasteiger partial charge in [-0.1, -0.05) is 63.2 Å². The van der Waals surface area contributed by atoms with Gasteiger partial charge in [0.15, 0.2) is 0 Å². The Morgan fingerprint density at radius 2 is 1.81 bits per heavy atom. The molecule has 2 aromatic carbocycles. The second-order valence-corrected chi connectivity index (χ2v) is 9.69. The molecule has 0 saturated carbocycles. The Balaban J connectivity index is 1.86. The molecule has 0 saturated heterocycles. The topological polar surface area (TPSA) is 93.5 Å². The lowest BCUT2D eigenvalue weighted by atomic mass is 9.99. The summed E-state index contributed by atoms with van der Waals surface area (Å²) in [5, 5.41) is 12.2. The van der Waals surface area contributed by atoms with Crippen molar-refractivity contribution in [2.75, 3.05) is 6.61 Å². The lowest BCUT2D eigenvalue weighted by Gasteiger charge is -2.16. The van der Waals surface area contributed by atoms with Crippen LogP contribution in [0, 0.1) is 5.92 Å². The van der Waals surface area contributed by atoms with E-state index in [2.05, 4.69) is 36.8 Å². The number of carboxylic acids is 1. The summed E-state index contributed by atoms with van der Waals surface area (Å²) in [6.07, 6.45) is 1.41. The minimum atomic E-state index is -0.954. The third-order valence-electron chi connectivity index (χ3n) is 5.92. The van der Waals surface area contributed by atoms with Gasteiger partial charge in [-0.15, -0.1) is 0 Å². The molecule has 1 heterocycles. The molecule has 0 unspecified atom stereocenters. The number of amides is 1. The maximum atomic E-state index is 12.6. The first-order valence-corrected chi connectivity index (χ1v) is 12.8. The smallest absolute Gasteiger partial charge is 0.336 e. The summed E-state index contributed by atoms with van der Waals surface area (Å²) in [5.74, 6) is -0.670. The summed E-state index contributed by atoms with van der Waals surface area (Å²) in [4.78, 5) is 28.9. The van der Waals surface area contributed by atoms with Crippen LogP contribution in [0.1, 0.15) is 61.4 Å². The van der Waals surface area contributed by atoms with Crippen LogP contribution in [0.4, 0.5) is 0 Å². The second kappa shape index (κ2) is 12.6. The fourth-order valence-corrected chi connectivity index (χ4v) is 4.64. The Morgan fingerprint density at radius 1 is 1.11 bits per heavy atom. The van der Waals surface area contributed by atoms with E-state index in [4.69, 9.17) is 4.74 Å². The number of carboxylic acid groups (broad SMARTS) is 1. The number of carbonyl (C=O) groups excluding carboxylic acids is 1. The molecule has 1 aromatic heterocycles. The predicted octanol–water partition coefficient (Wildman–Crippen LogP) is 5.22. The first-order valence-electron chi connectivity index (χ1n) is 12.3. The summed E-state index contributed by atoms with van der Waals surface area (Å²) in [6, 6.07) is 15.3. The van der Waals surface area contributed by atoms with E-state index >= 15 is 0 Å². The number of benzene rings is 2. The minimum absolute atomic E-state index is 0.0961. The molecule has 0 spiro atoms. The number of nitrogens with zero attached hydrogens (tertiary/aromatic N) is 2. The van der Waals surface area contributed by atoms with Gasteiger partial charge in [0, 0.05) is 0 Å². The molecule has 3 aromatic rings. The largest absolute Gasteiger partial charge is 0.478 e. The Bertz CT molecular complexity index is 1190. The highest BCUT2D eigenvalue weighted by Gasteiger charge is 2.21. The monoisotopic (exact) mass is 509 g/mol. The van der Waals surface area contributed by atoms with Gasteiger partial charge in [0.2, 0.25) is 5.91 Å². The molecule has 0 fully saturated rings. The number of aromatic carboxylic acids is 1. The van der Waals surface area contributed by atoms with Crippen molar-refractivity contribution in [1.82, 2.24) is 14.9 Å². The number of aromatic nitrogens is 2. The van der Waals surface area contributed by atoms with E-state index in [1.165, 1.54) is 0 Å². The van der Waals surface area contributed by atoms with E-state index in [1.54, 1.807) is 12.1 Å². The van der Waals surface area contributed by atoms with Gasteiger partial charge in [-0.05, 0) is 48.4 Å². The van der Waals surface area contributed by atoms with Crippen molar-refractivity contribution in [3.8, 4) is 17.1 Å². The first-order chi connectivity index (χ1) is 17.2. The summed E-state index contributed by atoms with van der Waals surface area (Å²) in [6.45, 7) is 9.40. The summed E-state index contributed by atoms with van der Waals surface area (Å²) in [5.41, 5.74) is 4.56. The predicted molar refractivity (Wildman–Crippen MR) is 145 cm³/mol. The number of thiol groups is 1. The lowest BCUT2D eigenvalue weighted by Crippen LogP contribution is -2.32. The van der Waals surface area contributed by atoms with Crippen molar-refractivity contribution in [2.45, 2.75) is 58.9 Å². The summed E-state index contributed by atoms with van der Waals surface area (Å²) >= 11 is 4.47. The average Bonchev–Trinajstić information content (AvgIpc) is 3.18. The van der Waals surface area contributed by atoms with Crippen LogP contribution in [0.2, 0.25) is 0 Å². The first kappa shape index (κ1) is 27.3. The highest BCUT2D eigenvalue weighted by molar-refractivity contribution is 7.81. The minimum Gasteiger partial charge on any atom is -0.478 e. The average molecular weight is 510 g/mol. The van der Waals surface area contributed by atoms with Gasteiger partial charge < -0.3 is 15.2 Å². The normalized spacial score (nSPS) is 11.9. The molecule has 0 radical (unpaired) electrons. The van der Waals surface area contributed by atoms with Crippen molar-refractivity contribution in [3.05, 3.63) is 71.0 Å². The lowest BCUT2D eigenvalue weighted by molar-refractivity contribution is -0.121. The third kappa shape index (κ3) is 6.69. The Labute approximate surface area is 218 Å². The number of hydrogen-bond donors (Lipinski definition) is 3. The Hall–Kier alpha value is -3.26. The highest BCUT2D eigenvalue weighted by Crippen LogP contribution is 2.26. The zero-order valence-electron chi connectivity index (χ0n) is 21.3. The number of rotatable bonds is 12. The van der Waals surface area contributed by atoms with Crippen molar-refractivity contribution in [3.63, 3.8) is 0 Å². The van der Waals surface area contributed by atoms with Crippen LogP contribution in [0.25, 0.3) is 11.1 Å². The fraction of sp³-hybridized carbons (Fsp3) is 0.393. The van der Waals surface area contributed by atoms with Gasteiger partial charge in [0.1, 0.15) is 0 Å². The molecule has 7 nitrogen and oxygen atoms in total. The van der Waals surface area contributed by atoms with Gasteiger partial charge in [0.25, 0.3) is 6.01 Å². The van der Waals surface area contributed by atoms with E-state index in [0.717, 1.165) is 22.5 Å². The maximum absolute atomic E-state index is 12.6. The number of carbonyl (C=O) groups is 2. The molecule has 1 atom stereocenters. The molecule has 36 heavy (non-hydrogen) atoms. The molecular weight excluding hydrogens is 474 g/mol. The number of ether oxygens (including phenoxy) is 1. The number of hydrogen-bond acceptors (Lipinski definition) is 5. The summed E-state index contributed by atoms with van der Waals surface area (Å²) < 4.78 is 7.83. The molecule has 1 amide bonds. The van der Waals surface area contributed by atoms with Gasteiger partial charge in [-0.25, -0.2) is 4.79 Å². The van der Waals surface area contributed by atoms with E-state index in [1.807, 2.05) is 54.8 Å². The molecule has 192 valence electrons. The van der Waals surface area contributed by atoms with Crippen molar-refractivity contribution < 1.29 is 19.4 Å². The van der Waals surface area contributed by atoms with Gasteiger partial charge >= 0.3 is 5.97 Å². The quantitative estimate of drug-likeness (QED) is 0.291. The zero-order valence-corrected chi connectivity index (χ0v) is 22.2. The van der Waals surface area contributed by atoms with Crippen LogP contribution in [0.3, 0.4) is 0 Å². The highest BCUT2D eigenvalue weighted by atomic mass is 32.1. The molecule has 2 N–H and O–H groups in total. The Morgan fingerprint density at radius 3 is 2.42 bits per heavy atom.